The Balaban J connectivity index is 1.94. The van der Waals surface area contributed by atoms with Crippen LogP contribution in [0, 0.1) is 13.8 Å². The summed E-state index contributed by atoms with van der Waals surface area (Å²) in [6.45, 7) is 6.57. The molecule has 1 N–H and O–H groups in total. The third-order valence-electron chi connectivity index (χ3n) is 2.76. The highest BCUT2D eigenvalue weighted by atomic mass is 16.4. The Kier molecular flexibility index (Phi) is 3.54. The van der Waals surface area contributed by atoms with E-state index in [2.05, 4.69) is 22.2 Å². The van der Waals surface area contributed by atoms with E-state index in [1.165, 1.54) is 0 Å². The monoisotopic (exact) mass is 231 g/mol. The summed E-state index contributed by atoms with van der Waals surface area (Å²) in [4.78, 5) is 8.63. The molecule has 0 aromatic carbocycles. The van der Waals surface area contributed by atoms with Crippen LogP contribution in [-0.4, -0.2) is 9.97 Å². The molecule has 2 heterocycles. The molecule has 2 aromatic heterocycles. The van der Waals surface area contributed by atoms with Gasteiger partial charge in [-0.1, -0.05) is 6.07 Å². The zero-order chi connectivity index (χ0) is 12.3. The number of hydrogen-bond acceptors (Lipinski definition) is 4. The van der Waals surface area contributed by atoms with Gasteiger partial charge < -0.3 is 9.73 Å². The van der Waals surface area contributed by atoms with Gasteiger partial charge in [-0.05, 0) is 32.9 Å². The average molecular weight is 231 g/mol. The van der Waals surface area contributed by atoms with Crippen LogP contribution in [0.3, 0.4) is 0 Å². The molecule has 0 amide bonds. The van der Waals surface area contributed by atoms with Gasteiger partial charge in [-0.2, -0.15) is 0 Å². The van der Waals surface area contributed by atoms with Crippen molar-refractivity contribution in [2.24, 2.45) is 0 Å². The minimum atomic E-state index is 0.184. The molecule has 0 radical (unpaired) electrons. The molecule has 4 heteroatoms. The molecule has 4 nitrogen and oxygen atoms in total. The molecular formula is C13H17N3O. The normalized spacial score (nSPS) is 12.6. The van der Waals surface area contributed by atoms with Crippen molar-refractivity contribution < 1.29 is 4.42 Å². The molecule has 17 heavy (non-hydrogen) atoms. The fourth-order valence-corrected chi connectivity index (χ4v) is 1.59. The third-order valence-corrected chi connectivity index (χ3v) is 2.76. The molecule has 1 unspecified atom stereocenters. The van der Waals surface area contributed by atoms with Gasteiger partial charge in [-0.25, -0.2) is 4.98 Å². The van der Waals surface area contributed by atoms with Gasteiger partial charge in [0.2, 0.25) is 5.89 Å². The number of rotatable bonds is 4. The lowest BCUT2D eigenvalue weighted by atomic mass is 10.2. The minimum absolute atomic E-state index is 0.184. The van der Waals surface area contributed by atoms with Crippen molar-refractivity contribution in [1.29, 1.82) is 0 Å². The number of aryl methyl sites for hydroxylation is 2. The molecule has 2 aromatic rings. The predicted molar refractivity (Wildman–Crippen MR) is 65.5 cm³/mol. The average Bonchev–Trinajstić information content (AvgIpc) is 2.67. The molecule has 0 saturated heterocycles. The van der Waals surface area contributed by atoms with Crippen molar-refractivity contribution in [3.8, 4) is 0 Å². The number of oxazole rings is 1. The molecule has 0 bridgehead atoms. The first kappa shape index (κ1) is 11.8. The van der Waals surface area contributed by atoms with Gasteiger partial charge in [-0.15, -0.1) is 0 Å². The van der Waals surface area contributed by atoms with E-state index < -0.39 is 0 Å². The second-order valence-corrected chi connectivity index (χ2v) is 4.11. The van der Waals surface area contributed by atoms with Crippen LogP contribution in [0.15, 0.2) is 28.8 Å². The summed E-state index contributed by atoms with van der Waals surface area (Å²) in [6, 6.07) is 6.09. The Morgan fingerprint density at radius 1 is 1.35 bits per heavy atom. The highest BCUT2D eigenvalue weighted by Crippen LogP contribution is 2.11. The highest BCUT2D eigenvalue weighted by Gasteiger charge is 2.09. The third kappa shape index (κ3) is 2.91. The van der Waals surface area contributed by atoms with E-state index in [1.807, 2.05) is 32.0 Å². The van der Waals surface area contributed by atoms with Crippen LogP contribution in [0.2, 0.25) is 0 Å². The lowest BCUT2D eigenvalue weighted by Gasteiger charge is -2.11. The van der Waals surface area contributed by atoms with Crippen molar-refractivity contribution in [2.45, 2.75) is 33.4 Å². The van der Waals surface area contributed by atoms with Crippen LogP contribution < -0.4 is 5.32 Å². The topological polar surface area (TPSA) is 51.0 Å². The molecule has 2 rings (SSSR count). The summed E-state index contributed by atoms with van der Waals surface area (Å²) < 4.78 is 5.51. The maximum atomic E-state index is 5.51. The number of nitrogens with zero attached hydrogens (tertiary/aromatic N) is 2. The lowest BCUT2D eigenvalue weighted by molar-refractivity contribution is 0.430. The zero-order valence-corrected chi connectivity index (χ0v) is 10.4. The maximum Gasteiger partial charge on any atom is 0.208 e. The summed E-state index contributed by atoms with van der Waals surface area (Å²) >= 11 is 0. The Bertz CT molecular complexity index is 459. The van der Waals surface area contributed by atoms with Gasteiger partial charge >= 0.3 is 0 Å². The minimum Gasteiger partial charge on any atom is -0.444 e. The van der Waals surface area contributed by atoms with Gasteiger partial charge in [0.05, 0.1) is 17.9 Å². The largest absolute Gasteiger partial charge is 0.444 e. The van der Waals surface area contributed by atoms with Crippen LogP contribution >= 0.6 is 0 Å². The first-order valence-corrected chi connectivity index (χ1v) is 5.74. The van der Waals surface area contributed by atoms with Crippen molar-refractivity contribution >= 4 is 0 Å². The van der Waals surface area contributed by atoms with E-state index in [0.717, 1.165) is 23.0 Å². The summed E-state index contributed by atoms with van der Waals surface area (Å²) in [5.41, 5.74) is 1.97. The van der Waals surface area contributed by atoms with E-state index in [0.29, 0.717) is 6.54 Å². The quantitative estimate of drug-likeness (QED) is 0.878. The molecule has 0 aliphatic rings. The molecule has 0 spiro atoms. The zero-order valence-electron chi connectivity index (χ0n) is 10.4. The maximum absolute atomic E-state index is 5.51. The Morgan fingerprint density at radius 3 is 2.76 bits per heavy atom. The molecule has 90 valence electrons. The Labute approximate surface area is 101 Å². The van der Waals surface area contributed by atoms with E-state index in [1.54, 1.807) is 6.20 Å². The number of hydrogen-bond donors (Lipinski definition) is 1. The van der Waals surface area contributed by atoms with Gasteiger partial charge in [0, 0.05) is 12.2 Å². The number of pyridine rings is 1. The molecular weight excluding hydrogens is 214 g/mol. The molecule has 0 aliphatic heterocycles. The first-order valence-electron chi connectivity index (χ1n) is 5.74. The summed E-state index contributed by atoms with van der Waals surface area (Å²) in [5, 5.41) is 3.34. The molecule has 0 fully saturated rings. The summed E-state index contributed by atoms with van der Waals surface area (Å²) in [5.74, 6) is 1.61. The fraction of sp³-hybridized carbons (Fsp3) is 0.385. The Morgan fingerprint density at radius 2 is 2.18 bits per heavy atom. The fourth-order valence-electron chi connectivity index (χ4n) is 1.59. The van der Waals surface area contributed by atoms with Gasteiger partial charge in [0.1, 0.15) is 5.76 Å². The van der Waals surface area contributed by atoms with Crippen LogP contribution in [0.1, 0.15) is 36.0 Å². The van der Waals surface area contributed by atoms with Gasteiger partial charge in [-0.3, -0.25) is 4.98 Å². The van der Waals surface area contributed by atoms with E-state index in [-0.39, 0.29) is 6.04 Å². The van der Waals surface area contributed by atoms with Crippen LogP contribution in [-0.2, 0) is 6.54 Å². The number of aromatic nitrogens is 2. The molecule has 1 atom stereocenters. The van der Waals surface area contributed by atoms with E-state index in [9.17, 15) is 0 Å². The van der Waals surface area contributed by atoms with Crippen LogP contribution in [0.25, 0.3) is 0 Å². The Hall–Kier alpha value is -1.68. The second-order valence-electron chi connectivity index (χ2n) is 4.11. The SMILES string of the molecule is Cc1nc(CNC(C)c2ccccn2)oc1C. The van der Waals surface area contributed by atoms with Crippen molar-refractivity contribution in [3.05, 3.63) is 47.4 Å². The predicted octanol–water partition coefficient (Wildman–Crippen LogP) is 2.54. The number of nitrogens with one attached hydrogen (secondary N) is 1. The smallest absolute Gasteiger partial charge is 0.208 e. The van der Waals surface area contributed by atoms with Crippen LogP contribution in [0.4, 0.5) is 0 Å². The molecule has 0 aliphatic carbocycles. The lowest BCUT2D eigenvalue weighted by Crippen LogP contribution is -2.19. The van der Waals surface area contributed by atoms with E-state index in [4.69, 9.17) is 4.42 Å². The molecule has 0 saturated carbocycles. The van der Waals surface area contributed by atoms with Crippen molar-refractivity contribution in [2.75, 3.05) is 0 Å². The highest BCUT2D eigenvalue weighted by molar-refractivity contribution is 5.08. The first-order chi connectivity index (χ1) is 8.16. The van der Waals surface area contributed by atoms with Crippen molar-refractivity contribution in [1.82, 2.24) is 15.3 Å². The van der Waals surface area contributed by atoms with Crippen LogP contribution in [0.5, 0.6) is 0 Å². The second kappa shape index (κ2) is 5.10. The summed E-state index contributed by atoms with van der Waals surface area (Å²) in [7, 11) is 0. The van der Waals surface area contributed by atoms with Gasteiger partial charge in [0.15, 0.2) is 0 Å². The van der Waals surface area contributed by atoms with E-state index >= 15 is 0 Å². The van der Waals surface area contributed by atoms with Crippen molar-refractivity contribution in [3.63, 3.8) is 0 Å². The summed E-state index contributed by atoms with van der Waals surface area (Å²) in [6.07, 6.45) is 1.80. The standard InChI is InChI=1S/C13H17N3O/c1-9-11(3)17-13(16-9)8-15-10(2)12-6-4-5-7-14-12/h4-7,10,15H,8H2,1-3H3. The van der Waals surface area contributed by atoms with Gasteiger partial charge in [0.25, 0.3) is 0 Å².